The highest BCUT2D eigenvalue weighted by Gasteiger charge is 2.25. The maximum atomic E-state index is 12.7. The van der Waals surface area contributed by atoms with E-state index in [4.69, 9.17) is 4.74 Å². The van der Waals surface area contributed by atoms with Crippen molar-refractivity contribution in [2.24, 2.45) is 0 Å². The summed E-state index contributed by atoms with van der Waals surface area (Å²) in [5.74, 6) is 2.42. The van der Waals surface area contributed by atoms with Crippen molar-refractivity contribution in [1.29, 1.82) is 0 Å². The molecule has 0 saturated heterocycles. The van der Waals surface area contributed by atoms with Crippen molar-refractivity contribution in [2.75, 3.05) is 17.7 Å². The maximum Gasteiger partial charge on any atom is 0.255 e. The fraction of sp³-hybridized carbons (Fsp3) is 0.258. The summed E-state index contributed by atoms with van der Waals surface area (Å²) in [6, 6.07) is 15.8. The Hall–Kier alpha value is -4.99. The molecule has 1 fully saturated rings. The van der Waals surface area contributed by atoms with Crippen LogP contribution in [0.4, 0.5) is 11.6 Å². The number of nitrogens with one attached hydrogen (secondary N) is 2. The molecule has 0 bridgehead atoms. The van der Waals surface area contributed by atoms with Gasteiger partial charge in [-0.1, -0.05) is 12.1 Å². The van der Waals surface area contributed by atoms with Gasteiger partial charge in [0.25, 0.3) is 5.56 Å². The molecule has 0 radical (unpaired) electrons. The zero-order chi connectivity index (χ0) is 28.2. The van der Waals surface area contributed by atoms with Gasteiger partial charge in [0.2, 0.25) is 0 Å². The van der Waals surface area contributed by atoms with E-state index in [1.165, 1.54) is 0 Å². The Morgan fingerprint density at radius 2 is 1.61 bits per heavy atom. The first-order valence-corrected chi connectivity index (χ1v) is 13.7. The number of ether oxygens (including phenoxy) is 1. The van der Waals surface area contributed by atoms with Crippen LogP contribution in [0.1, 0.15) is 30.5 Å². The molecule has 10 heteroatoms. The molecule has 1 aliphatic rings. The average molecular weight is 549 g/mol. The van der Waals surface area contributed by atoms with Gasteiger partial charge in [0.15, 0.2) is 0 Å². The van der Waals surface area contributed by atoms with Gasteiger partial charge in [-0.05, 0) is 62.1 Å². The van der Waals surface area contributed by atoms with E-state index in [0.717, 1.165) is 59.0 Å². The number of pyridine rings is 2. The maximum absolute atomic E-state index is 12.7. The van der Waals surface area contributed by atoms with Crippen LogP contribution in [0.25, 0.3) is 16.8 Å². The Morgan fingerprint density at radius 1 is 0.829 bits per heavy atom. The molecule has 208 valence electrons. The zero-order valence-electron chi connectivity index (χ0n) is 23.1. The Balaban J connectivity index is 1.10. The summed E-state index contributed by atoms with van der Waals surface area (Å²) in [6.45, 7) is 2.57. The third-order valence-electron chi connectivity index (χ3n) is 7.32. The standard InChI is InChI=1S/C31H32N8O2/c1-21-14-33-30(17-32-21)37-26-7-6-25(13-26)36-29-11-8-27(16-34-29)39-20-23(5-12-31(39)40)24-15-35-38(19-24)18-22-3-9-28(41-2)10-4-22/h3-5,8-12,14-17,19-20,25-26H,6-7,13,18H2,1-2H3,(H,33,37)(H,34,36)/t25-,26-/m0/s1. The molecule has 0 spiro atoms. The summed E-state index contributed by atoms with van der Waals surface area (Å²) in [7, 11) is 1.66. The lowest BCUT2D eigenvalue weighted by Crippen LogP contribution is -2.22. The summed E-state index contributed by atoms with van der Waals surface area (Å²) in [6.07, 6.45) is 14.0. The second kappa shape index (κ2) is 11.6. The molecule has 2 atom stereocenters. The minimum absolute atomic E-state index is 0.120. The molecule has 4 aromatic heterocycles. The number of hydrogen-bond acceptors (Lipinski definition) is 8. The minimum atomic E-state index is -0.120. The Morgan fingerprint density at radius 3 is 2.32 bits per heavy atom. The van der Waals surface area contributed by atoms with Gasteiger partial charge in [0.05, 0.1) is 49.8 Å². The highest BCUT2D eigenvalue weighted by Crippen LogP contribution is 2.25. The van der Waals surface area contributed by atoms with Crippen LogP contribution in [-0.2, 0) is 6.54 Å². The zero-order valence-corrected chi connectivity index (χ0v) is 23.1. The number of nitrogens with zero attached hydrogens (tertiary/aromatic N) is 6. The number of rotatable bonds is 9. The average Bonchev–Trinajstić information content (AvgIpc) is 3.65. The number of benzene rings is 1. The van der Waals surface area contributed by atoms with Crippen LogP contribution >= 0.6 is 0 Å². The number of aryl methyl sites for hydroxylation is 1. The molecular formula is C31H32N8O2. The van der Waals surface area contributed by atoms with Gasteiger partial charge in [-0.15, -0.1) is 0 Å². The summed E-state index contributed by atoms with van der Waals surface area (Å²) in [4.78, 5) is 26.1. The predicted octanol–water partition coefficient (Wildman–Crippen LogP) is 4.70. The smallest absolute Gasteiger partial charge is 0.255 e. The van der Waals surface area contributed by atoms with Crippen LogP contribution in [0.2, 0.25) is 0 Å². The van der Waals surface area contributed by atoms with Gasteiger partial charge < -0.3 is 15.4 Å². The summed E-state index contributed by atoms with van der Waals surface area (Å²) in [5, 5.41) is 11.5. The summed E-state index contributed by atoms with van der Waals surface area (Å²) >= 11 is 0. The van der Waals surface area contributed by atoms with Gasteiger partial charge >= 0.3 is 0 Å². The van der Waals surface area contributed by atoms with Gasteiger partial charge in [-0.3, -0.25) is 19.0 Å². The van der Waals surface area contributed by atoms with Crippen LogP contribution in [0.15, 0.2) is 90.5 Å². The van der Waals surface area contributed by atoms with E-state index < -0.39 is 0 Å². The molecule has 0 aliphatic heterocycles. The second-order valence-corrected chi connectivity index (χ2v) is 10.3. The number of aromatic nitrogens is 6. The molecule has 0 amide bonds. The molecule has 1 aromatic carbocycles. The molecule has 1 aliphatic carbocycles. The lowest BCUT2D eigenvalue weighted by molar-refractivity contribution is 0.414. The van der Waals surface area contributed by atoms with Crippen molar-refractivity contribution in [2.45, 2.75) is 44.8 Å². The van der Waals surface area contributed by atoms with Crippen molar-refractivity contribution in [3.05, 3.63) is 107 Å². The first-order valence-electron chi connectivity index (χ1n) is 13.7. The quantitative estimate of drug-likeness (QED) is 0.273. The van der Waals surface area contributed by atoms with E-state index in [-0.39, 0.29) is 5.56 Å². The second-order valence-electron chi connectivity index (χ2n) is 10.3. The topological polar surface area (TPSA) is 112 Å². The molecule has 5 aromatic rings. The molecule has 41 heavy (non-hydrogen) atoms. The van der Waals surface area contributed by atoms with Crippen molar-refractivity contribution >= 4 is 11.6 Å². The van der Waals surface area contributed by atoms with Crippen LogP contribution in [0, 0.1) is 6.92 Å². The predicted molar refractivity (Wildman–Crippen MR) is 159 cm³/mol. The molecule has 6 rings (SSSR count). The van der Waals surface area contributed by atoms with E-state index in [1.54, 1.807) is 36.3 Å². The Labute approximate surface area is 238 Å². The third kappa shape index (κ3) is 6.27. The molecule has 0 unspecified atom stereocenters. The third-order valence-corrected chi connectivity index (χ3v) is 7.32. The molecule has 4 heterocycles. The van der Waals surface area contributed by atoms with Crippen LogP contribution in [0.5, 0.6) is 5.75 Å². The van der Waals surface area contributed by atoms with Gasteiger partial charge in [0, 0.05) is 41.7 Å². The highest BCUT2D eigenvalue weighted by molar-refractivity contribution is 5.61. The number of anilines is 2. The Kier molecular flexibility index (Phi) is 7.44. The van der Waals surface area contributed by atoms with Crippen LogP contribution < -0.4 is 20.9 Å². The van der Waals surface area contributed by atoms with E-state index in [0.29, 0.717) is 24.3 Å². The SMILES string of the molecule is COc1ccc(Cn2cc(-c3ccc(=O)n(-c4ccc(N[C@H]5CC[C@H](Nc6cnc(C)cn6)C5)nc4)c3)cn2)cc1. The van der Waals surface area contributed by atoms with Crippen LogP contribution in [-0.4, -0.2) is 48.5 Å². The summed E-state index contributed by atoms with van der Waals surface area (Å²) in [5.41, 5.74) is 4.44. The normalized spacial score (nSPS) is 16.4. The largest absolute Gasteiger partial charge is 0.497 e. The van der Waals surface area contributed by atoms with E-state index in [2.05, 4.69) is 30.7 Å². The Bertz CT molecular complexity index is 1660. The van der Waals surface area contributed by atoms with Crippen molar-refractivity contribution in [1.82, 2.24) is 29.3 Å². The van der Waals surface area contributed by atoms with Crippen LogP contribution in [0.3, 0.4) is 0 Å². The monoisotopic (exact) mass is 548 g/mol. The fourth-order valence-electron chi connectivity index (χ4n) is 5.12. The molecule has 1 saturated carbocycles. The first-order chi connectivity index (χ1) is 20.0. The number of hydrogen-bond donors (Lipinski definition) is 2. The lowest BCUT2D eigenvalue weighted by atomic mass is 10.1. The van der Waals surface area contributed by atoms with Crippen molar-refractivity contribution in [3.8, 4) is 22.6 Å². The van der Waals surface area contributed by atoms with E-state index in [9.17, 15) is 4.79 Å². The van der Waals surface area contributed by atoms with E-state index in [1.807, 2.05) is 72.7 Å². The molecule has 10 nitrogen and oxygen atoms in total. The van der Waals surface area contributed by atoms with Gasteiger partial charge in [0.1, 0.15) is 17.4 Å². The summed E-state index contributed by atoms with van der Waals surface area (Å²) < 4.78 is 8.73. The first kappa shape index (κ1) is 26.2. The van der Waals surface area contributed by atoms with Gasteiger partial charge in [-0.25, -0.2) is 9.97 Å². The van der Waals surface area contributed by atoms with Gasteiger partial charge in [-0.2, -0.15) is 5.10 Å². The fourth-order valence-corrected chi connectivity index (χ4v) is 5.12. The van der Waals surface area contributed by atoms with Crippen molar-refractivity contribution in [3.63, 3.8) is 0 Å². The highest BCUT2D eigenvalue weighted by atomic mass is 16.5. The van der Waals surface area contributed by atoms with E-state index >= 15 is 0 Å². The minimum Gasteiger partial charge on any atom is -0.497 e. The lowest BCUT2D eigenvalue weighted by Gasteiger charge is -2.16. The van der Waals surface area contributed by atoms with Crippen molar-refractivity contribution < 1.29 is 4.74 Å². The molecule has 2 N–H and O–H groups in total. The number of methoxy groups -OCH3 is 1. The molecular weight excluding hydrogens is 516 g/mol.